The third-order valence-electron chi connectivity index (χ3n) is 5.11. The van der Waals surface area contributed by atoms with Gasteiger partial charge in [-0.25, -0.2) is 9.97 Å². The van der Waals surface area contributed by atoms with Crippen LogP contribution in [-0.2, 0) is 4.74 Å². The Bertz CT molecular complexity index is 1030. The van der Waals surface area contributed by atoms with Crippen molar-refractivity contribution in [1.29, 1.82) is 5.41 Å². The third kappa shape index (κ3) is 3.84. The lowest BCUT2D eigenvalue weighted by Crippen LogP contribution is -2.41. The van der Waals surface area contributed by atoms with Crippen molar-refractivity contribution in [2.24, 2.45) is 0 Å². The first-order valence-electron chi connectivity index (χ1n) is 9.40. The molecule has 5 N–H and O–H groups in total. The molecule has 0 saturated carbocycles. The average Bonchev–Trinajstić information content (AvgIpc) is 3.12. The molecule has 2 aromatic heterocycles. The number of nitrogens with zero attached hydrogens (tertiary/aromatic N) is 5. The zero-order chi connectivity index (χ0) is 20.4. The molecule has 1 aromatic carbocycles. The number of benzene rings is 1. The van der Waals surface area contributed by atoms with Crippen LogP contribution >= 0.6 is 0 Å². The number of ether oxygens (including phenoxy) is 1. The summed E-state index contributed by atoms with van der Waals surface area (Å²) in [4.78, 5) is 12.9. The maximum absolute atomic E-state index is 8.77. The highest BCUT2D eigenvalue weighted by atomic mass is 16.5. The van der Waals surface area contributed by atoms with E-state index in [2.05, 4.69) is 20.0 Å². The summed E-state index contributed by atoms with van der Waals surface area (Å²) < 4.78 is 10.5. The van der Waals surface area contributed by atoms with Crippen molar-refractivity contribution in [1.82, 2.24) is 20.0 Å². The minimum atomic E-state index is 0.221. The van der Waals surface area contributed by atoms with Crippen LogP contribution in [0, 0.1) is 5.41 Å². The number of anilines is 3. The van der Waals surface area contributed by atoms with E-state index in [1.807, 2.05) is 11.9 Å². The summed E-state index contributed by atoms with van der Waals surface area (Å²) in [5.41, 5.74) is 13.9. The molecule has 1 fully saturated rings. The fourth-order valence-corrected chi connectivity index (χ4v) is 3.40. The van der Waals surface area contributed by atoms with E-state index in [-0.39, 0.29) is 17.3 Å². The second-order valence-corrected chi connectivity index (χ2v) is 6.99. The first-order valence-corrected chi connectivity index (χ1v) is 9.40. The molecule has 3 heterocycles. The Balaban J connectivity index is 1.60. The summed E-state index contributed by atoms with van der Waals surface area (Å²) in [6.07, 6.45) is 1.42. The van der Waals surface area contributed by atoms with E-state index in [0.717, 1.165) is 39.4 Å². The molecule has 1 saturated heterocycles. The van der Waals surface area contributed by atoms with Crippen LogP contribution in [0.15, 0.2) is 29.0 Å². The molecule has 0 spiro atoms. The van der Waals surface area contributed by atoms with Gasteiger partial charge >= 0.3 is 0 Å². The minimum absolute atomic E-state index is 0.221. The Morgan fingerprint density at radius 1 is 1.21 bits per heavy atom. The van der Waals surface area contributed by atoms with Gasteiger partial charge in [-0.2, -0.15) is 0 Å². The van der Waals surface area contributed by atoms with Crippen LogP contribution in [0.3, 0.4) is 0 Å². The molecule has 0 radical (unpaired) electrons. The molecule has 29 heavy (non-hydrogen) atoms. The van der Waals surface area contributed by atoms with Gasteiger partial charge in [-0.3, -0.25) is 10.3 Å². The number of rotatable bonds is 6. The number of likely N-dealkylation sites (N-methyl/N-ethyl adjacent to an activating group) is 1. The normalized spacial score (nSPS) is 14.9. The van der Waals surface area contributed by atoms with Gasteiger partial charge in [0.1, 0.15) is 18.0 Å². The SMILES string of the molecule is CN(CCN1CCOCC1)c1ncnc(N)c1C(=N)c1ccc2onc(N)c2c1. The van der Waals surface area contributed by atoms with Crippen molar-refractivity contribution in [2.75, 3.05) is 62.8 Å². The Labute approximate surface area is 167 Å². The van der Waals surface area contributed by atoms with Crippen LogP contribution in [0.5, 0.6) is 0 Å². The van der Waals surface area contributed by atoms with Crippen LogP contribution in [0.2, 0.25) is 0 Å². The van der Waals surface area contributed by atoms with Crippen molar-refractivity contribution in [3.8, 4) is 0 Å². The van der Waals surface area contributed by atoms with Crippen molar-refractivity contribution >= 4 is 34.1 Å². The number of fused-ring (bicyclic) bond motifs is 1. The van der Waals surface area contributed by atoms with Gasteiger partial charge in [0, 0.05) is 38.8 Å². The molecule has 0 bridgehead atoms. The van der Waals surface area contributed by atoms with E-state index in [4.69, 9.17) is 26.1 Å². The van der Waals surface area contributed by atoms with Gasteiger partial charge < -0.3 is 25.6 Å². The molecule has 1 aliphatic rings. The highest BCUT2D eigenvalue weighted by Crippen LogP contribution is 2.27. The maximum atomic E-state index is 8.77. The van der Waals surface area contributed by atoms with E-state index in [0.29, 0.717) is 27.9 Å². The standard InChI is InChI=1S/C19H24N8O2/c1-26(4-5-27-6-8-28-9-7-27)19-15(18(22)23-11-24-19)16(20)12-2-3-14-13(10-12)17(21)25-29-14/h2-3,10-11,20H,4-9H2,1H3,(H2,21,25)(H2,22,23,24). The summed E-state index contributed by atoms with van der Waals surface area (Å²) in [5.74, 6) is 1.17. The quantitative estimate of drug-likeness (QED) is 0.519. The van der Waals surface area contributed by atoms with Crippen molar-refractivity contribution in [3.05, 3.63) is 35.7 Å². The predicted molar refractivity (Wildman–Crippen MR) is 111 cm³/mol. The summed E-state index contributed by atoms with van der Waals surface area (Å²) in [6, 6.07) is 5.29. The topological polar surface area (TPSA) is 143 Å². The number of nitrogen functional groups attached to an aromatic ring is 2. The van der Waals surface area contributed by atoms with Crippen LogP contribution in [0.25, 0.3) is 11.0 Å². The summed E-state index contributed by atoms with van der Waals surface area (Å²) in [7, 11) is 1.94. The van der Waals surface area contributed by atoms with Gasteiger partial charge in [-0.05, 0) is 18.2 Å². The largest absolute Gasteiger partial charge is 0.383 e. The molecule has 0 aliphatic carbocycles. The Kier molecular flexibility index (Phi) is 5.28. The van der Waals surface area contributed by atoms with Gasteiger partial charge in [0.05, 0.1) is 29.9 Å². The smallest absolute Gasteiger partial charge is 0.174 e. The first-order chi connectivity index (χ1) is 14.0. The zero-order valence-electron chi connectivity index (χ0n) is 16.3. The summed E-state index contributed by atoms with van der Waals surface area (Å²) >= 11 is 0. The second kappa shape index (κ2) is 8.02. The molecule has 0 amide bonds. The fourth-order valence-electron chi connectivity index (χ4n) is 3.40. The fraction of sp³-hybridized carbons (Fsp3) is 0.368. The molecular weight excluding hydrogens is 372 g/mol. The number of hydrogen-bond donors (Lipinski definition) is 3. The zero-order valence-corrected chi connectivity index (χ0v) is 16.3. The van der Waals surface area contributed by atoms with Gasteiger partial charge in [0.15, 0.2) is 11.4 Å². The average molecular weight is 396 g/mol. The number of nitrogens with two attached hydrogens (primary N) is 2. The van der Waals surface area contributed by atoms with Gasteiger partial charge in [-0.1, -0.05) is 5.16 Å². The lowest BCUT2D eigenvalue weighted by molar-refractivity contribution is 0.0392. The van der Waals surface area contributed by atoms with Gasteiger partial charge in [-0.15, -0.1) is 0 Å². The highest BCUT2D eigenvalue weighted by molar-refractivity contribution is 6.17. The molecule has 0 unspecified atom stereocenters. The number of aromatic nitrogens is 3. The van der Waals surface area contributed by atoms with Crippen LogP contribution in [-0.4, -0.2) is 72.2 Å². The lowest BCUT2D eigenvalue weighted by atomic mass is 10.0. The van der Waals surface area contributed by atoms with Crippen LogP contribution in [0.1, 0.15) is 11.1 Å². The molecule has 152 valence electrons. The number of morpholine rings is 1. The summed E-state index contributed by atoms with van der Waals surface area (Å²) in [6.45, 7) is 4.97. The second-order valence-electron chi connectivity index (χ2n) is 6.99. The van der Waals surface area contributed by atoms with Gasteiger partial charge in [0.25, 0.3) is 0 Å². The van der Waals surface area contributed by atoms with Gasteiger partial charge in [0.2, 0.25) is 0 Å². The van der Waals surface area contributed by atoms with Crippen LogP contribution < -0.4 is 16.4 Å². The maximum Gasteiger partial charge on any atom is 0.174 e. The minimum Gasteiger partial charge on any atom is -0.383 e. The molecule has 10 nitrogen and oxygen atoms in total. The monoisotopic (exact) mass is 396 g/mol. The molecular formula is C19H24N8O2. The Morgan fingerprint density at radius 2 is 2.00 bits per heavy atom. The molecule has 0 atom stereocenters. The number of nitrogens with one attached hydrogen (secondary N) is 1. The Morgan fingerprint density at radius 3 is 2.79 bits per heavy atom. The van der Waals surface area contributed by atoms with E-state index >= 15 is 0 Å². The number of hydrogen-bond acceptors (Lipinski definition) is 10. The van der Waals surface area contributed by atoms with E-state index < -0.39 is 0 Å². The van der Waals surface area contributed by atoms with E-state index in [9.17, 15) is 0 Å². The van der Waals surface area contributed by atoms with E-state index in [1.54, 1.807) is 18.2 Å². The summed E-state index contributed by atoms with van der Waals surface area (Å²) in [5, 5.41) is 13.2. The highest BCUT2D eigenvalue weighted by Gasteiger charge is 2.21. The van der Waals surface area contributed by atoms with Crippen LogP contribution in [0.4, 0.5) is 17.5 Å². The molecule has 3 aromatic rings. The molecule has 4 rings (SSSR count). The van der Waals surface area contributed by atoms with E-state index in [1.165, 1.54) is 6.33 Å². The molecule has 10 heteroatoms. The first kappa shape index (κ1) is 19.1. The third-order valence-corrected chi connectivity index (χ3v) is 5.11. The molecule has 1 aliphatic heterocycles. The lowest BCUT2D eigenvalue weighted by Gasteiger charge is -2.29. The Hall–Kier alpha value is -3.24. The predicted octanol–water partition coefficient (Wildman–Crippen LogP) is 0.967. The van der Waals surface area contributed by atoms with Crippen molar-refractivity contribution in [3.63, 3.8) is 0 Å². The van der Waals surface area contributed by atoms with Crippen molar-refractivity contribution < 1.29 is 9.26 Å². The van der Waals surface area contributed by atoms with Crippen molar-refractivity contribution in [2.45, 2.75) is 0 Å².